The van der Waals surface area contributed by atoms with Crippen molar-refractivity contribution in [3.63, 3.8) is 0 Å². The predicted molar refractivity (Wildman–Crippen MR) is 154 cm³/mol. The number of nitrogens with zero attached hydrogens (tertiary/aromatic N) is 5. The molecule has 10 heteroatoms. The van der Waals surface area contributed by atoms with Crippen LogP contribution in [0.5, 0.6) is 0 Å². The Hall–Kier alpha value is -2.75. The molecule has 2 saturated carbocycles. The first-order valence-corrected chi connectivity index (χ1v) is 14.9. The second kappa shape index (κ2) is 9.17. The van der Waals surface area contributed by atoms with E-state index in [2.05, 4.69) is 55.8 Å². The summed E-state index contributed by atoms with van der Waals surface area (Å²) in [5, 5.41) is 14.2. The second-order valence-electron chi connectivity index (χ2n) is 11.7. The van der Waals surface area contributed by atoms with Gasteiger partial charge in [-0.2, -0.15) is 14.6 Å². The lowest BCUT2D eigenvalue weighted by Crippen LogP contribution is -2.45. The molecule has 0 amide bonds. The number of nitrogens with two attached hydrogens (primary N) is 1. The molecule has 0 saturated heterocycles. The van der Waals surface area contributed by atoms with E-state index >= 15 is 0 Å². The van der Waals surface area contributed by atoms with E-state index in [-0.39, 0.29) is 11.2 Å². The van der Waals surface area contributed by atoms with Crippen LogP contribution >= 0.6 is 22.9 Å². The fraction of sp³-hybridized carbons (Fsp3) is 0.500. The molecule has 4 aromatic rings. The average molecular weight is 549 g/mol. The van der Waals surface area contributed by atoms with Crippen LogP contribution in [0.25, 0.3) is 16.0 Å². The highest BCUT2D eigenvalue weighted by Crippen LogP contribution is 2.54. The maximum atomic E-state index is 6.26. The normalized spacial score (nSPS) is 26.6. The van der Waals surface area contributed by atoms with E-state index < -0.39 is 0 Å². The zero-order chi connectivity index (χ0) is 26.0. The van der Waals surface area contributed by atoms with Gasteiger partial charge in [-0.3, -0.25) is 0 Å². The van der Waals surface area contributed by atoms with Crippen LogP contribution in [0.3, 0.4) is 0 Å². The third-order valence-electron chi connectivity index (χ3n) is 9.09. The van der Waals surface area contributed by atoms with E-state index in [9.17, 15) is 0 Å². The third-order valence-corrected chi connectivity index (χ3v) is 10.3. The first-order valence-electron chi connectivity index (χ1n) is 13.6. The van der Waals surface area contributed by atoms with Gasteiger partial charge in [0.15, 0.2) is 5.82 Å². The van der Waals surface area contributed by atoms with Gasteiger partial charge in [-0.1, -0.05) is 13.0 Å². The highest BCUT2D eigenvalue weighted by molar-refractivity contribution is 7.17. The number of thiophene rings is 1. The summed E-state index contributed by atoms with van der Waals surface area (Å²) in [7, 11) is 0. The van der Waals surface area contributed by atoms with Crippen LogP contribution in [0.1, 0.15) is 62.1 Å². The van der Waals surface area contributed by atoms with Crippen LogP contribution in [0, 0.1) is 18.3 Å². The van der Waals surface area contributed by atoms with Gasteiger partial charge in [0.1, 0.15) is 0 Å². The van der Waals surface area contributed by atoms with Crippen molar-refractivity contribution in [1.82, 2.24) is 30.0 Å². The smallest absolute Gasteiger partial charge is 0.248 e. The number of rotatable bonds is 5. The van der Waals surface area contributed by atoms with Crippen molar-refractivity contribution in [2.75, 3.05) is 11.1 Å². The van der Waals surface area contributed by atoms with Crippen molar-refractivity contribution >= 4 is 50.7 Å². The maximum Gasteiger partial charge on any atom is 0.248 e. The summed E-state index contributed by atoms with van der Waals surface area (Å²) < 4.78 is 2.41. The summed E-state index contributed by atoms with van der Waals surface area (Å²) in [6.07, 6.45) is 10.2. The SMILES string of the molecule is Cc1csc2c(-n3nc(Nc4ccc5c(c4)CCC(NC4CC6CCC4(C)C6)CC5)nc3N)nc(Cl)nc12. The first kappa shape index (κ1) is 24.3. The number of aromatic nitrogens is 5. The van der Waals surface area contributed by atoms with E-state index in [1.165, 1.54) is 54.3 Å². The molecule has 2 fully saturated rings. The van der Waals surface area contributed by atoms with Gasteiger partial charge in [-0.25, -0.2) is 4.98 Å². The number of fused-ring (bicyclic) bond motifs is 4. The molecule has 3 heterocycles. The van der Waals surface area contributed by atoms with Gasteiger partial charge >= 0.3 is 0 Å². The molecule has 7 rings (SSSR count). The number of halogens is 1. The molecule has 38 heavy (non-hydrogen) atoms. The fourth-order valence-electron chi connectivity index (χ4n) is 7.03. The Labute approximate surface area is 231 Å². The molecule has 3 aromatic heterocycles. The Balaban J connectivity index is 1.07. The fourth-order valence-corrected chi connectivity index (χ4v) is 8.16. The molecule has 8 nitrogen and oxygen atoms in total. The summed E-state index contributed by atoms with van der Waals surface area (Å²) in [6.45, 7) is 4.51. The van der Waals surface area contributed by atoms with Gasteiger partial charge in [0, 0.05) is 17.8 Å². The van der Waals surface area contributed by atoms with Gasteiger partial charge < -0.3 is 16.4 Å². The molecule has 2 bridgehead atoms. The summed E-state index contributed by atoms with van der Waals surface area (Å²) in [5.41, 5.74) is 12.4. The zero-order valence-electron chi connectivity index (χ0n) is 21.8. The molecule has 4 N–H and O–H groups in total. The third kappa shape index (κ3) is 4.25. The summed E-state index contributed by atoms with van der Waals surface area (Å²) >= 11 is 7.76. The Bertz CT molecular complexity index is 1530. The quantitative estimate of drug-likeness (QED) is 0.208. The highest BCUT2D eigenvalue weighted by atomic mass is 35.5. The number of aryl methyl sites for hydroxylation is 3. The molecular formula is C28H33ClN8S. The summed E-state index contributed by atoms with van der Waals surface area (Å²) in [5.74, 6) is 2.16. The molecule has 0 radical (unpaired) electrons. The van der Waals surface area contributed by atoms with Crippen molar-refractivity contribution in [1.29, 1.82) is 0 Å². The van der Waals surface area contributed by atoms with Gasteiger partial charge in [-0.15, -0.1) is 16.4 Å². The van der Waals surface area contributed by atoms with Crippen LogP contribution < -0.4 is 16.4 Å². The largest absolute Gasteiger partial charge is 0.368 e. The lowest BCUT2D eigenvalue weighted by molar-refractivity contribution is 0.213. The minimum atomic E-state index is 0.159. The molecule has 1 aromatic carbocycles. The molecule has 3 aliphatic carbocycles. The summed E-state index contributed by atoms with van der Waals surface area (Å²) in [6, 6.07) is 7.90. The lowest BCUT2D eigenvalue weighted by atomic mass is 9.81. The minimum absolute atomic E-state index is 0.159. The Morgan fingerprint density at radius 3 is 2.76 bits per heavy atom. The van der Waals surface area contributed by atoms with Crippen LogP contribution in [-0.4, -0.2) is 36.8 Å². The van der Waals surface area contributed by atoms with Gasteiger partial charge in [0.25, 0.3) is 0 Å². The summed E-state index contributed by atoms with van der Waals surface area (Å²) in [4.78, 5) is 13.2. The minimum Gasteiger partial charge on any atom is -0.368 e. The maximum absolute atomic E-state index is 6.26. The number of hydrogen-bond acceptors (Lipinski definition) is 8. The topological polar surface area (TPSA) is 107 Å². The van der Waals surface area contributed by atoms with Crippen molar-refractivity contribution < 1.29 is 0 Å². The van der Waals surface area contributed by atoms with Crippen molar-refractivity contribution in [2.45, 2.75) is 77.3 Å². The van der Waals surface area contributed by atoms with E-state index in [0.717, 1.165) is 40.2 Å². The highest BCUT2D eigenvalue weighted by Gasteiger charge is 2.49. The van der Waals surface area contributed by atoms with Gasteiger partial charge in [0.05, 0.1) is 10.2 Å². The average Bonchev–Trinajstić information content (AvgIpc) is 3.60. The van der Waals surface area contributed by atoms with Crippen LogP contribution in [0.15, 0.2) is 23.6 Å². The molecule has 4 unspecified atom stereocenters. The Morgan fingerprint density at radius 1 is 1.13 bits per heavy atom. The lowest BCUT2D eigenvalue weighted by Gasteiger charge is -2.35. The number of nitrogens with one attached hydrogen (secondary N) is 2. The standard InChI is InChI=1S/C28H33ClN8S/c1-15-14-38-23-22(15)33-25(29)34-24(23)37-26(30)35-27(36-37)32-20-8-4-17-3-6-19(7-5-18(17)12-20)31-21-11-16-9-10-28(21,2)13-16/h4,8,12,14,16,19,21,31H,3,5-7,9-11,13H2,1-2H3,(H3,30,32,35,36). The monoisotopic (exact) mass is 548 g/mol. The molecule has 3 aliphatic rings. The Kier molecular flexibility index (Phi) is 5.87. The first-order chi connectivity index (χ1) is 18.3. The van der Waals surface area contributed by atoms with Crippen LogP contribution in [0.4, 0.5) is 17.6 Å². The Morgan fingerprint density at radius 2 is 1.97 bits per heavy atom. The van der Waals surface area contributed by atoms with Crippen molar-refractivity contribution in [2.24, 2.45) is 11.3 Å². The van der Waals surface area contributed by atoms with E-state index in [0.29, 0.717) is 29.3 Å². The predicted octanol–water partition coefficient (Wildman–Crippen LogP) is 5.98. The molecule has 4 atom stereocenters. The molecule has 0 aliphatic heterocycles. The number of anilines is 3. The van der Waals surface area contributed by atoms with E-state index in [1.807, 2.05) is 12.3 Å². The zero-order valence-corrected chi connectivity index (χ0v) is 23.4. The molecule has 198 valence electrons. The molecule has 0 spiro atoms. The van der Waals surface area contributed by atoms with E-state index in [1.54, 1.807) is 11.3 Å². The van der Waals surface area contributed by atoms with Gasteiger partial charge in [0.2, 0.25) is 17.2 Å². The number of benzene rings is 1. The van der Waals surface area contributed by atoms with Crippen LogP contribution in [0.2, 0.25) is 5.28 Å². The number of hydrogen-bond donors (Lipinski definition) is 3. The van der Waals surface area contributed by atoms with Crippen molar-refractivity contribution in [3.05, 3.63) is 45.6 Å². The van der Waals surface area contributed by atoms with Gasteiger partial charge in [-0.05, 0) is 115 Å². The number of nitrogen functional groups attached to an aromatic ring is 1. The van der Waals surface area contributed by atoms with Crippen LogP contribution in [-0.2, 0) is 12.8 Å². The van der Waals surface area contributed by atoms with E-state index in [4.69, 9.17) is 17.3 Å². The second-order valence-corrected chi connectivity index (χ2v) is 12.9. The molecular weight excluding hydrogens is 516 g/mol. The van der Waals surface area contributed by atoms with Crippen molar-refractivity contribution in [3.8, 4) is 5.82 Å².